The molecule has 1 N–H and O–H groups in total. The maximum absolute atomic E-state index is 13.1. The fourth-order valence-electron chi connectivity index (χ4n) is 2.22. The van der Waals surface area contributed by atoms with Crippen LogP contribution in [0.5, 0.6) is 5.88 Å². The third-order valence-electron chi connectivity index (χ3n) is 3.54. The molecule has 0 aliphatic heterocycles. The number of nitrogens with one attached hydrogen (secondary N) is 1. The number of benzene rings is 1. The molecular weight excluding hydrogens is 331 g/mol. The van der Waals surface area contributed by atoms with E-state index in [1.54, 1.807) is 0 Å². The summed E-state index contributed by atoms with van der Waals surface area (Å²) in [5.74, 6) is -0.371. The van der Waals surface area contributed by atoms with Crippen molar-refractivity contribution in [3.63, 3.8) is 0 Å². The van der Waals surface area contributed by atoms with Gasteiger partial charge in [-0.2, -0.15) is 18.2 Å². The number of anilines is 2. The van der Waals surface area contributed by atoms with Gasteiger partial charge in [-0.15, -0.1) is 0 Å². The van der Waals surface area contributed by atoms with Crippen molar-refractivity contribution in [1.82, 2.24) is 9.97 Å². The number of hydrogen-bond donors (Lipinski definition) is 1. The minimum absolute atomic E-state index is 0.0720. The molecule has 0 bridgehead atoms. The predicted octanol–water partition coefficient (Wildman–Crippen LogP) is 5.37. The lowest BCUT2D eigenvalue weighted by atomic mass is 10.1. The second-order valence-corrected chi connectivity index (χ2v) is 5.68. The van der Waals surface area contributed by atoms with E-state index in [9.17, 15) is 13.2 Å². The number of ether oxygens (including phenoxy) is 1. The van der Waals surface area contributed by atoms with Gasteiger partial charge in [-0.3, -0.25) is 0 Å². The van der Waals surface area contributed by atoms with E-state index in [1.165, 1.54) is 5.56 Å². The lowest BCUT2D eigenvalue weighted by molar-refractivity contribution is -0.139. The smallest absolute Gasteiger partial charge is 0.423 e. The molecule has 1 aromatic heterocycles. The number of aryl methyl sites for hydroxylation is 1. The Labute approximate surface area is 145 Å². The molecule has 0 atom stereocenters. The van der Waals surface area contributed by atoms with Crippen LogP contribution in [-0.4, -0.2) is 16.6 Å². The maximum atomic E-state index is 13.1. The van der Waals surface area contributed by atoms with Gasteiger partial charge in [-0.25, -0.2) is 4.98 Å². The van der Waals surface area contributed by atoms with Crippen LogP contribution >= 0.6 is 0 Å². The number of alkyl halides is 3. The van der Waals surface area contributed by atoms with Crippen LogP contribution in [0.1, 0.15) is 44.2 Å². The summed E-state index contributed by atoms with van der Waals surface area (Å²) < 4.78 is 44.4. The topological polar surface area (TPSA) is 47.0 Å². The highest BCUT2D eigenvalue weighted by Crippen LogP contribution is 2.35. The number of aromatic nitrogens is 2. The van der Waals surface area contributed by atoms with Crippen molar-refractivity contribution < 1.29 is 17.9 Å². The average molecular weight is 353 g/mol. The number of nitrogens with zero attached hydrogens (tertiary/aromatic N) is 2. The van der Waals surface area contributed by atoms with Crippen molar-refractivity contribution in [3.8, 4) is 5.88 Å². The highest BCUT2D eigenvalue weighted by molar-refractivity contribution is 5.54. The molecule has 0 spiro atoms. The van der Waals surface area contributed by atoms with Gasteiger partial charge in [0, 0.05) is 11.9 Å². The molecule has 4 nitrogen and oxygen atoms in total. The van der Waals surface area contributed by atoms with Crippen molar-refractivity contribution in [2.45, 2.75) is 45.7 Å². The average Bonchev–Trinajstić information content (AvgIpc) is 2.56. The van der Waals surface area contributed by atoms with Gasteiger partial charge in [-0.1, -0.05) is 38.8 Å². The Kier molecular flexibility index (Phi) is 6.61. The van der Waals surface area contributed by atoms with E-state index in [1.807, 2.05) is 31.2 Å². The molecule has 1 heterocycles. The van der Waals surface area contributed by atoms with Crippen LogP contribution in [0.25, 0.3) is 0 Å². The molecule has 0 amide bonds. The Morgan fingerprint density at radius 3 is 2.40 bits per heavy atom. The summed E-state index contributed by atoms with van der Waals surface area (Å²) in [7, 11) is 0. The van der Waals surface area contributed by atoms with Gasteiger partial charge in [0.25, 0.3) is 0 Å². The molecular formula is C18H22F3N3O. The first-order valence-corrected chi connectivity index (χ1v) is 8.37. The quantitative estimate of drug-likeness (QED) is 0.648. The van der Waals surface area contributed by atoms with E-state index in [2.05, 4.69) is 22.2 Å². The molecule has 2 aromatic rings. The largest absolute Gasteiger partial charge is 0.477 e. The summed E-state index contributed by atoms with van der Waals surface area (Å²) in [4.78, 5) is 7.67. The summed E-state index contributed by atoms with van der Waals surface area (Å²) >= 11 is 0. The van der Waals surface area contributed by atoms with Crippen LogP contribution in [0.3, 0.4) is 0 Å². The molecule has 1 aromatic carbocycles. The van der Waals surface area contributed by atoms with E-state index in [0.717, 1.165) is 25.5 Å². The molecule has 0 radical (unpaired) electrons. The number of unbranched alkanes of at least 4 members (excludes halogenated alkanes) is 1. The lowest BCUT2D eigenvalue weighted by Crippen LogP contribution is -2.13. The van der Waals surface area contributed by atoms with Gasteiger partial charge in [0.1, 0.15) is 5.56 Å². The minimum Gasteiger partial charge on any atom is -0.477 e. The molecule has 25 heavy (non-hydrogen) atoms. The summed E-state index contributed by atoms with van der Waals surface area (Å²) in [5, 5.41) is 2.91. The van der Waals surface area contributed by atoms with Gasteiger partial charge in [-0.05, 0) is 30.5 Å². The second kappa shape index (κ2) is 8.69. The van der Waals surface area contributed by atoms with Crippen LogP contribution in [0.15, 0.2) is 30.5 Å². The van der Waals surface area contributed by atoms with E-state index in [-0.39, 0.29) is 12.6 Å². The van der Waals surface area contributed by atoms with Crippen molar-refractivity contribution in [2.24, 2.45) is 0 Å². The first-order chi connectivity index (χ1) is 11.9. The normalized spacial score (nSPS) is 11.4. The predicted molar refractivity (Wildman–Crippen MR) is 91.2 cm³/mol. The van der Waals surface area contributed by atoms with E-state index >= 15 is 0 Å². The first kappa shape index (κ1) is 19.0. The van der Waals surface area contributed by atoms with Gasteiger partial charge < -0.3 is 10.1 Å². The Bertz CT molecular complexity index is 672. The monoisotopic (exact) mass is 353 g/mol. The second-order valence-electron chi connectivity index (χ2n) is 5.68. The SMILES string of the molecule is CCCCOc1nc(Nc2ccc(CCC)cc2)ncc1C(F)(F)F. The summed E-state index contributed by atoms with van der Waals surface area (Å²) in [5.41, 5.74) is 0.941. The van der Waals surface area contributed by atoms with Crippen LogP contribution < -0.4 is 10.1 Å². The third kappa shape index (κ3) is 5.62. The fourth-order valence-corrected chi connectivity index (χ4v) is 2.22. The van der Waals surface area contributed by atoms with Crippen LogP contribution in [0.2, 0.25) is 0 Å². The Hall–Kier alpha value is -2.31. The molecule has 0 unspecified atom stereocenters. The summed E-state index contributed by atoms with van der Waals surface area (Å²) in [6, 6.07) is 7.64. The van der Waals surface area contributed by atoms with Gasteiger partial charge in [0.2, 0.25) is 11.8 Å². The third-order valence-corrected chi connectivity index (χ3v) is 3.54. The van der Waals surface area contributed by atoms with Crippen LogP contribution in [-0.2, 0) is 12.6 Å². The fraction of sp³-hybridized carbons (Fsp3) is 0.444. The molecule has 0 aliphatic rings. The highest BCUT2D eigenvalue weighted by atomic mass is 19.4. The van der Waals surface area contributed by atoms with Crippen LogP contribution in [0, 0.1) is 0 Å². The maximum Gasteiger partial charge on any atom is 0.423 e. The molecule has 0 fully saturated rings. The molecule has 136 valence electrons. The zero-order valence-corrected chi connectivity index (χ0v) is 14.4. The lowest BCUT2D eigenvalue weighted by Gasteiger charge is -2.14. The summed E-state index contributed by atoms with van der Waals surface area (Å²) in [6.07, 6.45) is -0.297. The molecule has 7 heteroatoms. The van der Waals surface area contributed by atoms with Gasteiger partial charge in [0.15, 0.2) is 0 Å². The highest BCUT2D eigenvalue weighted by Gasteiger charge is 2.36. The molecule has 0 aliphatic carbocycles. The number of hydrogen-bond acceptors (Lipinski definition) is 4. The van der Waals surface area contributed by atoms with Crippen LogP contribution in [0.4, 0.5) is 24.8 Å². The molecule has 2 rings (SSSR count). The molecule has 0 saturated carbocycles. The Morgan fingerprint density at radius 2 is 1.80 bits per heavy atom. The van der Waals surface area contributed by atoms with E-state index in [4.69, 9.17) is 4.74 Å². The van der Waals surface area contributed by atoms with Crippen molar-refractivity contribution >= 4 is 11.6 Å². The Balaban J connectivity index is 2.18. The van der Waals surface area contributed by atoms with E-state index in [0.29, 0.717) is 12.1 Å². The Morgan fingerprint density at radius 1 is 1.08 bits per heavy atom. The standard InChI is InChI=1S/C18H22F3N3O/c1-3-5-11-25-16-15(18(19,20)21)12-22-17(24-16)23-14-9-7-13(6-4-2)8-10-14/h7-10,12H,3-6,11H2,1-2H3,(H,22,23,24). The molecule has 0 saturated heterocycles. The van der Waals surface area contributed by atoms with Crippen molar-refractivity contribution in [2.75, 3.05) is 11.9 Å². The zero-order valence-electron chi connectivity index (χ0n) is 14.4. The zero-order chi connectivity index (χ0) is 18.3. The van der Waals surface area contributed by atoms with Crippen molar-refractivity contribution in [1.29, 1.82) is 0 Å². The van der Waals surface area contributed by atoms with Gasteiger partial charge >= 0.3 is 6.18 Å². The van der Waals surface area contributed by atoms with Crippen molar-refractivity contribution in [3.05, 3.63) is 41.6 Å². The minimum atomic E-state index is -4.55. The first-order valence-electron chi connectivity index (χ1n) is 8.37. The van der Waals surface area contributed by atoms with Gasteiger partial charge in [0.05, 0.1) is 6.61 Å². The number of halogens is 3. The van der Waals surface area contributed by atoms with E-state index < -0.39 is 17.6 Å². The summed E-state index contributed by atoms with van der Waals surface area (Å²) in [6.45, 7) is 4.22. The number of rotatable bonds is 8.